The highest BCUT2D eigenvalue weighted by Gasteiger charge is 2.51. The molecule has 1 saturated carbocycles. The molecule has 8 heteroatoms. The van der Waals surface area contributed by atoms with Gasteiger partial charge in [0.2, 0.25) is 5.91 Å². The lowest BCUT2D eigenvalue weighted by Gasteiger charge is -2.33. The molecule has 0 radical (unpaired) electrons. The number of halogens is 1. The summed E-state index contributed by atoms with van der Waals surface area (Å²) in [6, 6.07) is -0.118. The van der Waals surface area contributed by atoms with Crippen LogP contribution in [0.25, 0.3) is 0 Å². The third kappa shape index (κ3) is 3.52. The molecule has 3 fully saturated rings. The highest BCUT2D eigenvalue weighted by atomic mass is 35.5. The summed E-state index contributed by atoms with van der Waals surface area (Å²) in [5.41, 5.74) is -0.745. The van der Waals surface area contributed by atoms with Gasteiger partial charge in [-0.3, -0.25) is 14.5 Å². The summed E-state index contributed by atoms with van der Waals surface area (Å²) in [4.78, 5) is 40.3. The number of likely N-dealkylation sites (tertiary alicyclic amines) is 1. The average Bonchev–Trinajstić information content (AvgIpc) is 2.79. The Morgan fingerprint density at radius 2 is 1.96 bits per heavy atom. The molecule has 24 heavy (non-hydrogen) atoms. The van der Waals surface area contributed by atoms with Gasteiger partial charge in [-0.25, -0.2) is 4.79 Å². The first kappa shape index (κ1) is 19.0. The summed E-state index contributed by atoms with van der Waals surface area (Å²) in [6.07, 6.45) is 6.37. The fourth-order valence-corrected chi connectivity index (χ4v) is 3.99. The van der Waals surface area contributed by atoms with Gasteiger partial charge in [-0.05, 0) is 32.7 Å². The normalized spacial score (nSPS) is 26.3. The van der Waals surface area contributed by atoms with E-state index in [2.05, 4.69) is 10.6 Å². The van der Waals surface area contributed by atoms with Crippen molar-refractivity contribution in [1.29, 1.82) is 0 Å². The van der Waals surface area contributed by atoms with Gasteiger partial charge in [0.1, 0.15) is 12.1 Å². The maximum absolute atomic E-state index is 12.7. The molecule has 0 bridgehead atoms. The van der Waals surface area contributed by atoms with E-state index in [1.807, 2.05) is 7.05 Å². The van der Waals surface area contributed by atoms with Crippen LogP contribution in [0.1, 0.15) is 44.9 Å². The van der Waals surface area contributed by atoms with Gasteiger partial charge in [0.25, 0.3) is 5.91 Å². The lowest BCUT2D eigenvalue weighted by atomic mass is 9.82. The number of imide groups is 1. The van der Waals surface area contributed by atoms with Gasteiger partial charge in [0.05, 0.1) is 0 Å². The predicted molar refractivity (Wildman–Crippen MR) is 92.0 cm³/mol. The summed E-state index contributed by atoms with van der Waals surface area (Å²) in [5, 5.41) is 6.04. The molecule has 2 saturated heterocycles. The van der Waals surface area contributed by atoms with Gasteiger partial charge in [-0.15, -0.1) is 12.4 Å². The van der Waals surface area contributed by atoms with Crippen molar-refractivity contribution in [2.75, 3.05) is 26.7 Å². The van der Waals surface area contributed by atoms with Crippen molar-refractivity contribution in [1.82, 2.24) is 20.4 Å². The quantitative estimate of drug-likeness (QED) is 0.733. The maximum Gasteiger partial charge on any atom is 0.325 e. The van der Waals surface area contributed by atoms with E-state index in [9.17, 15) is 14.4 Å². The van der Waals surface area contributed by atoms with E-state index in [4.69, 9.17) is 0 Å². The number of rotatable bonds is 3. The number of hydrogen-bond acceptors (Lipinski definition) is 4. The Hall–Kier alpha value is -1.34. The molecule has 1 aliphatic carbocycles. The zero-order valence-corrected chi connectivity index (χ0v) is 15.0. The lowest BCUT2D eigenvalue weighted by Crippen LogP contribution is -2.51. The van der Waals surface area contributed by atoms with Crippen molar-refractivity contribution in [3.05, 3.63) is 0 Å². The first-order chi connectivity index (χ1) is 11.1. The van der Waals surface area contributed by atoms with E-state index in [0.29, 0.717) is 32.0 Å². The second-order valence-corrected chi connectivity index (χ2v) is 6.93. The van der Waals surface area contributed by atoms with Gasteiger partial charge in [-0.2, -0.15) is 0 Å². The summed E-state index contributed by atoms with van der Waals surface area (Å²) in [6.45, 7) is 1.21. The summed E-state index contributed by atoms with van der Waals surface area (Å²) >= 11 is 0. The molecule has 1 spiro atoms. The third-order valence-corrected chi connectivity index (χ3v) is 5.43. The van der Waals surface area contributed by atoms with E-state index in [1.165, 1.54) is 0 Å². The van der Waals surface area contributed by atoms with Crippen LogP contribution in [0.2, 0.25) is 0 Å². The van der Waals surface area contributed by atoms with Gasteiger partial charge in [0.15, 0.2) is 0 Å². The monoisotopic (exact) mass is 358 g/mol. The Labute approximate surface area is 148 Å². The molecular formula is C16H27ClN4O3. The minimum absolute atomic E-state index is 0. The van der Waals surface area contributed by atoms with Crippen LogP contribution < -0.4 is 10.6 Å². The lowest BCUT2D eigenvalue weighted by molar-refractivity contribution is -0.140. The van der Waals surface area contributed by atoms with Crippen LogP contribution >= 0.6 is 12.4 Å². The standard InChI is InChI=1S/C16H26N4O3.ClH/c1-17-12-6-5-9-19(10-12)13(21)11-20-14(22)16(18-15(20)23)7-3-2-4-8-16;/h12,17H,2-11H2,1H3,(H,18,23);1H. The minimum Gasteiger partial charge on any atom is -0.340 e. The highest BCUT2D eigenvalue weighted by Crippen LogP contribution is 2.33. The van der Waals surface area contributed by atoms with Gasteiger partial charge < -0.3 is 15.5 Å². The van der Waals surface area contributed by atoms with E-state index in [-0.39, 0.29) is 30.8 Å². The van der Waals surface area contributed by atoms with E-state index in [0.717, 1.165) is 37.0 Å². The predicted octanol–water partition coefficient (Wildman–Crippen LogP) is 0.873. The summed E-state index contributed by atoms with van der Waals surface area (Å²) < 4.78 is 0. The molecule has 2 heterocycles. The van der Waals surface area contributed by atoms with Crippen LogP contribution in [0.4, 0.5) is 4.79 Å². The minimum atomic E-state index is -0.745. The number of carbonyl (C=O) groups is 3. The molecule has 0 aromatic carbocycles. The van der Waals surface area contributed by atoms with Crippen molar-refractivity contribution in [3.63, 3.8) is 0 Å². The van der Waals surface area contributed by atoms with Crippen LogP contribution in [-0.2, 0) is 9.59 Å². The van der Waals surface area contributed by atoms with Crippen molar-refractivity contribution >= 4 is 30.3 Å². The molecule has 7 nitrogen and oxygen atoms in total. The van der Waals surface area contributed by atoms with E-state index >= 15 is 0 Å². The topological polar surface area (TPSA) is 81.8 Å². The van der Waals surface area contributed by atoms with Gasteiger partial charge in [0, 0.05) is 19.1 Å². The number of nitrogens with zero attached hydrogens (tertiary/aromatic N) is 2. The number of nitrogens with one attached hydrogen (secondary N) is 2. The Kier molecular flexibility index (Phi) is 6.09. The molecule has 3 rings (SSSR count). The van der Waals surface area contributed by atoms with Crippen molar-refractivity contribution in [2.24, 2.45) is 0 Å². The maximum atomic E-state index is 12.7. The molecule has 136 valence electrons. The molecule has 1 atom stereocenters. The largest absolute Gasteiger partial charge is 0.340 e. The SMILES string of the molecule is CNC1CCCN(C(=O)CN2C(=O)NC3(CCCCC3)C2=O)C1.Cl. The van der Waals surface area contributed by atoms with E-state index < -0.39 is 11.6 Å². The smallest absolute Gasteiger partial charge is 0.325 e. The van der Waals surface area contributed by atoms with Crippen molar-refractivity contribution < 1.29 is 14.4 Å². The number of piperidine rings is 1. The Morgan fingerprint density at radius 1 is 1.25 bits per heavy atom. The molecule has 0 aromatic rings. The fourth-order valence-electron chi connectivity index (χ4n) is 3.99. The second-order valence-electron chi connectivity index (χ2n) is 6.93. The van der Waals surface area contributed by atoms with Crippen molar-refractivity contribution in [2.45, 2.75) is 56.5 Å². The molecule has 2 N–H and O–H groups in total. The van der Waals surface area contributed by atoms with Crippen LogP contribution in [-0.4, -0.2) is 65.9 Å². The zero-order valence-electron chi connectivity index (χ0n) is 14.2. The summed E-state index contributed by atoms with van der Waals surface area (Å²) in [5.74, 6) is -0.348. The Morgan fingerprint density at radius 3 is 2.62 bits per heavy atom. The van der Waals surface area contributed by atoms with Crippen molar-refractivity contribution in [3.8, 4) is 0 Å². The van der Waals surface area contributed by atoms with Crippen LogP contribution in [0.15, 0.2) is 0 Å². The molecule has 0 aromatic heterocycles. The molecule has 3 aliphatic rings. The number of urea groups is 1. The number of carbonyl (C=O) groups excluding carboxylic acids is 3. The Bertz CT molecular complexity index is 508. The van der Waals surface area contributed by atoms with Gasteiger partial charge in [-0.1, -0.05) is 19.3 Å². The van der Waals surface area contributed by atoms with Gasteiger partial charge >= 0.3 is 6.03 Å². The molecule has 4 amide bonds. The van der Waals surface area contributed by atoms with Crippen LogP contribution in [0, 0.1) is 0 Å². The fraction of sp³-hybridized carbons (Fsp3) is 0.812. The first-order valence-electron chi connectivity index (χ1n) is 8.65. The first-order valence-corrected chi connectivity index (χ1v) is 8.65. The van der Waals surface area contributed by atoms with Crippen LogP contribution in [0.5, 0.6) is 0 Å². The van der Waals surface area contributed by atoms with Crippen LogP contribution in [0.3, 0.4) is 0 Å². The highest BCUT2D eigenvalue weighted by molar-refractivity contribution is 6.09. The summed E-state index contributed by atoms with van der Waals surface area (Å²) in [7, 11) is 1.89. The number of hydrogen-bond donors (Lipinski definition) is 2. The molecule has 2 aliphatic heterocycles. The molecule has 1 unspecified atom stereocenters. The number of likely N-dealkylation sites (N-methyl/N-ethyl adjacent to an activating group) is 1. The zero-order chi connectivity index (χ0) is 16.4. The third-order valence-electron chi connectivity index (χ3n) is 5.43. The van der Waals surface area contributed by atoms with E-state index in [1.54, 1.807) is 4.90 Å². The Balaban J connectivity index is 0.00000208. The second kappa shape index (κ2) is 7.70. The molecular weight excluding hydrogens is 332 g/mol. The number of amides is 4. The average molecular weight is 359 g/mol.